The fourth-order valence-corrected chi connectivity index (χ4v) is 22.6. The Labute approximate surface area is 530 Å². The van der Waals surface area contributed by atoms with Crippen LogP contribution < -0.4 is 9.47 Å². The number of carbonyl (C=O) groups excluding carboxylic acids is 2. The Morgan fingerprint density at radius 2 is 1.77 bits per heavy atom. The van der Waals surface area contributed by atoms with E-state index in [4.69, 9.17) is 23.7 Å². The van der Waals surface area contributed by atoms with Crippen molar-refractivity contribution in [2.45, 2.75) is 207 Å². The predicted molar refractivity (Wildman–Crippen MR) is 339 cm³/mol. The third kappa shape index (κ3) is 8.24. The van der Waals surface area contributed by atoms with Crippen LogP contribution in [-0.2, 0) is 51.9 Å². The highest BCUT2D eigenvalue weighted by molar-refractivity contribution is 6.17. The van der Waals surface area contributed by atoms with Crippen LogP contribution >= 0.6 is 0 Å². The molecular formula is C76H84N2O13. The Bertz CT molecular complexity index is 4100. The molecule has 9 aliphatic carbocycles. The molecule has 18 rings (SSSR count). The van der Waals surface area contributed by atoms with E-state index in [1.54, 1.807) is 24.1 Å². The largest absolute Gasteiger partial charge is 0.506 e. The summed E-state index contributed by atoms with van der Waals surface area (Å²) >= 11 is 0. The first-order valence-corrected chi connectivity index (χ1v) is 34.5. The molecular weight excluding hydrogens is 1150 g/mol. The van der Waals surface area contributed by atoms with Gasteiger partial charge in [0.2, 0.25) is 6.29 Å². The first-order chi connectivity index (χ1) is 44.2. The van der Waals surface area contributed by atoms with Crippen molar-refractivity contribution in [3.8, 4) is 29.3 Å². The SMILES string of the molecule is COc1c2c3c4c(O)c(c5c6c4c1CCC6=C[C@@H]1CCC[C@H]51)C(=O)CN1Cc4c(cccc4C1=O)CC#CO[C@H]1[C@H](O)[C@@H](CO[C@@H](c4c[nH]c5cc6c7c(c45)C[C@@]4(CC[C@@]5(CC[C@@H](CCCO)C5)C4)C[C@@H]4C[C@H]5CCC[C@@]5(O)C[C@]74CC6)/C=C/2)O[C@H](O3)[C@@]1(O)CO. The maximum Gasteiger partial charge on any atom is 0.254 e. The smallest absolute Gasteiger partial charge is 0.254 e. The van der Waals surface area contributed by atoms with Crippen LogP contribution in [0.15, 0.2) is 42.6 Å². The minimum atomic E-state index is -2.49. The Morgan fingerprint density at radius 3 is 2.64 bits per heavy atom. The summed E-state index contributed by atoms with van der Waals surface area (Å²) in [5.41, 5.74) is 9.13. The van der Waals surface area contributed by atoms with Gasteiger partial charge >= 0.3 is 0 Å². The van der Waals surface area contributed by atoms with Gasteiger partial charge in [-0.05, 0) is 232 Å². The highest BCUT2D eigenvalue weighted by Crippen LogP contribution is 2.70. The number of methoxy groups -OCH3 is 1. The predicted octanol–water partition coefficient (Wildman–Crippen LogP) is 10.8. The number of Topliss-reactive ketones (excluding diaryl/α,β-unsaturated/α-hetero) is 1. The van der Waals surface area contributed by atoms with Gasteiger partial charge in [0.25, 0.3) is 5.91 Å². The number of aromatic nitrogens is 1. The van der Waals surface area contributed by atoms with Gasteiger partial charge in [-0.3, -0.25) is 9.59 Å². The Balaban J connectivity index is 0.854. The van der Waals surface area contributed by atoms with E-state index in [2.05, 4.69) is 35.4 Å². The van der Waals surface area contributed by atoms with E-state index in [1.807, 2.05) is 18.2 Å². The number of ether oxygens (including phenoxy) is 5. The van der Waals surface area contributed by atoms with E-state index in [0.717, 1.165) is 146 Å². The van der Waals surface area contributed by atoms with Crippen LogP contribution in [-0.4, -0.2) is 121 Å². The molecule has 15 atom stereocenters. The number of phenols is 1. The second-order valence-electron chi connectivity index (χ2n) is 30.9. The van der Waals surface area contributed by atoms with Gasteiger partial charge in [0.05, 0.1) is 49.0 Å². The number of aliphatic hydroxyl groups excluding tert-OH is 3. The van der Waals surface area contributed by atoms with Gasteiger partial charge in [0, 0.05) is 64.2 Å². The molecule has 476 valence electrons. The fraction of sp³-hybridized carbons (Fsp3) is 0.579. The number of nitrogens with one attached hydrogen (secondary N) is 1. The van der Waals surface area contributed by atoms with Gasteiger partial charge in [-0.25, -0.2) is 0 Å². The lowest BCUT2D eigenvalue weighted by Crippen LogP contribution is -2.70. The molecule has 4 aromatic carbocycles. The molecule has 5 aromatic rings. The number of nitrogens with zero attached hydrogens (tertiary/aromatic N) is 1. The molecule has 1 aromatic heterocycles. The molecule has 0 radical (unpaired) electrons. The molecule has 8 bridgehead atoms. The van der Waals surface area contributed by atoms with Gasteiger partial charge in [-0.1, -0.05) is 43.0 Å². The highest BCUT2D eigenvalue weighted by Gasteiger charge is 2.64. The molecule has 15 nitrogen and oxygen atoms in total. The number of H-pyrrole nitrogens is 1. The number of allylic oxidation sites excluding steroid dienone is 2. The first kappa shape index (κ1) is 57.4. The number of benzene rings is 4. The van der Waals surface area contributed by atoms with E-state index in [-0.39, 0.29) is 89.2 Å². The van der Waals surface area contributed by atoms with Gasteiger partial charge in [-0.2, -0.15) is 0 Å². The zero-order valence-electron chi connectivity index (χ0n) is 52.2. The molecule has 7 N–H and O–H groups in total. The number of hydrogen-bond donors (Lipinski definition) is 7. The highest BCUT2D eigenvalue weighted by atomic mass is 16.7. The van der Waals surface area contributed by atoms with Gasteiger partial charge < -0.3 is 64.2 Å². The third-order valence-electron chi connectivity index (χ3n) is 26.3. The van der Waals surface area contributed by atoms with Gasteiger partial charge in [-0.15, -0.1) is 0 Å². The first-order valence-electron chi connectivity index (χ1n) is 34.5. The van der Waals surface area contributed by atoms with Gasteiger partial charge in [0.15, 0.2) is 17.5 Å². The molecule has 1 saturated heterocycles. The molecule has 5 heterocycles. The summed E-state index contributed by atoms with van der Waals surface area (Å²) < 4.78 is 34.3. The second kappa shape index (κ2) is 20.6. The number of amides is 1. The molecule has 5 saturated carbocycles. The van der Waals surface area contributed by atoms with Crippen LogP contribution in [0.2, 0.25) is 0 Å². The number of phenolic OH excluding ortho intramolecular Hbond substituents is 1. The number of rotatable bonds is 6. The lowest BCUT2D eigenvalue weighted by atomic mass is 9.54. The molecule has 4 aliphatic heterocycles. The molecule has 91 heavy (non-hydrogen) atoms. The summed E-state index contributed by atoms with van der Waals surface area (Å²) in [5.74, 6) is 4.05. The maximum absolute atomic E-state index is 15.7. The molecule has 0 unspecified atom stereocenters. The summed E-state index contributed by atoms with van der Waals surface area (Å²) in [7, 11) is 1.63. The fourth-order valence-electron chi connectivity index (χ4n) is 22.6. The molecule has 1 amide bonds. The number of hydrogen-bond acceptors (Lipinski definition) is 13. The zero-order valence-corrected chi connectivity index (χ0v) is 52.2. The summed E-state index contributed by atoms with van der Waals surface area (Å²) in [5, 5.41) is 75.8. The summed E-state index contributed by atoms with van der Waals surface area (Å²) in [4.78, 5) is 35.5. The van der Waals surface area contributed by atoms with Crippen molar-refractivity contribution in [2.75, 3.05) is 33.5 Å². The Morgan fingerprint density at radius 1 is 0.879 bits per heavy atom. The van der Waals surface area contributed by atoms with E-state index in [9.17, 15) is 35.4 Å². The van der Waals surface area contributed by atoms with Crippen molar-refractivity contribution in [2.24, 2.45) is 34.5 Å². The minimum Gasteiger partial charge on any atom is -0.506 e. The average molecular weight is 1230 g/mol. The van der Waals surface area contributed by atoms with E-state index >= 15 is 4.79 Å². The van der Waals surface area contributed by atoms with Crippen LogP contribution in [0.1, 0.15) is 210 Å². The van der Waals surface area contributed by atoms with Crippen LogP contribution in [0, 0.1) is 46.5 Å². The van der Waals surface area contributed by atoms with Crippen LogP contribution in [0.5, 0.6) is 17.2 Å². The van der Waals surface area contributed by atoms with Crippen LogP contribution in [0.4, 0.5) is 0 Å². The van der Waals surface area contributed by atoms with Crippen molar-refractivity contribution < 1.29 is 63.9 Å². The Kier molecular flexibility index (Phi) is 13.0. The summed E-state index contributed by atoms with van der Waals surface area (Å²) in [6.45, 7) is -1.12. The number of aliphatic hydroxyl groups is 5. The summed E-state index contributed by atoms with van der Waals surface area (Å²) in [6, 6.07) is 7.82. The molecule has 13 aliphatic rings. The molecule has 3 spiro atoms. The van der Waals surface area contributed by atoms with Gasteiger partial charge in [0.1, 0.15) is 41.7 Å². The van der Waals surface area contributed by atoms with Crippen molar-refractivity contribution >= 4 is 45.0 Å². The van der Waals surface area contributed by atoms with Crippen molar-refractivity contribution in [1.29, 1.82) is 0 Å². The average Bonchev–Trinajstić information content (AvgIpc) is 1.69. The van der Waals surface area contributed by atoms with Crippen molar-refractivity contribution in [3.05, 3.63) is 109 Å². The summed E-state index contributed by atoms with van der Waals surface area (Å²) in [6.07, 6.45) is 26.1. The third-order valence-corrected chi connectivity index (χ3v) is 26.3. The number of aromatic hydroxyl groups is 1. The standard InChI is InChI=1S/C76H84N2O13/c1-87-67-49-15-14-43-27-42-9-3-12-47(42)60-58(43)61(49)63-66(83)62(60)55(81)35-78-34-53-41(8-2-13-48(53)70(78)84)10-6-26-88-69-65(82)57-36-89-56(17-16-50(67)68(63)91-71(90-57)76(69,86)39-80)52-33-77-54-28-44-19-22-74-38-75(85)20-4-11-45(75)29-46(74)31-73(32-51(59(52)54)64(44)74)24-23-72(37-73)21-18-40(30-72)7-5-25-79/h2,8,13,16-17,27-28,33,40,42,45-47,56-57,65,69,71,77,79-80,82-83,85-86H,3-5,7,9-12,14-15,18-25,29-32,34-39H2,1H3/b17-16+/t40-,42+,45-,46+,47+,56-,57-,65-,69+,71-,72-,73-,74+,75-,76-/m1/s1. The van der Waals surface area contributed by atoms with Crippen LogP contribution in [0.25, 0.3) is 33.3 Å². The quantitative estimate of drug-likeness (QED) is 0.0788. The van der Waals surface area contributed by atoms with Crippen molar-refractivity contribution in [1.82, 2.24) is 9.88 Å². The molecule has 6 fully saturated rings. The number of ketones is 1. The maximum atomic E-state index is 15.7. The number of fused-ring (bicyclic) bond motifs is 10. The topological polar surface area (TPSA) is 221 Å². The van der Waals surface area contributed by atoms with E-state index in [1.165, 1.54) is 48.8 Å². The van der Waals surface area contributed by atoms with Crippen LogP contribution in [0.3, 0.4) is 0 Å². The lowest BCUT2D eigenvalue weighted by molar-refractivity contribution is -0.328. The normalized spacial score (nSPS) is 37.4. The Hall–Kier alpha value is -6.22. The van der Waals surface area contributed by atoms with E-state index in [0.29, 0.717) is 52.9 Å². The zero-order chi connectivity index (χ0) is 61.7. The van der Waals surface area contributed by atoms with Crippen molar-refractivity contribution in [3.63, 3.8) is 0 Å². The number of carbonyl (C=O) groups is 2. The monoisotopic (exact) mass is 1230 g/mol. The lowest BCUT2D eigenvalue weighted by Gasteiger charge is -2.52. The van der Waals surface area contributed by atoms with E-state index < -0.39 is 54.3 Å². The second-order valence-corrected chi connectivity index (χ2v) is 30.9. The minimum absolute atomic E-state index is 0.0308. The number of aryl methyl sites for hydroxylation is 2. The number of aromatic amines is 1. The molecule has 15 heteroatoms.